The highest BCUT2D eigenvalue weighted by Crippen LogP contribution is 2.17. The van der Waals surface area contributed by atoms with Crippen LogP contribution in [0.15, 0.2) is 65.4 Å². The standard InChI is InChI=1S/C20H16ClN3O3S/c21-14-5-7-15(8-6-14)23-18(25)11-22-20(27)16-3-1-2-4-17(16)24-19(26)13-9-10-28-12-13/h1-10,12H,11H2,(H,22,27)(H,23,25)(H,24,26). The van der Waals surface area contributed by atoms with Gasteiger partial charge in [0.05, 0.1) is 23.4 Å². The second kappa shape index (κ2) is 9.16. The summed E-state index contributed by atoms with van der Waals surface area (Å²) in [4.78, 5) is 36.7. The van der Waals surface area contributed by atoms with Crippen LogP contribution < -0.4 is 16.0 Å². The van der Waals surface area contributed by atoms with E-state index in [-0.39, 0.29) is 23.9 Å². The van der Waals surface area contributed by atoms with Crippen LogP contribution in [0.4, 0.5) is 11.4 Å². The lowest BCUT2D eigenvalue weighted by molar-refractivity contribution is -0.115. The largest absolute Gasteiger partial charge is 0.343 e. The van der Waals surface area contributed by atoms with Crippen LogP contribution in [-0.2, 0) is 4.79 Å². The molecule has 3 N–H and O–H groups in total. The van der Waals surface area contributed by atoms with Crippen LogP contribution in [0.2, 0.25) is 5.02 Å². The first-order valence-electron chi connectivity index (χ1n) is 8.29. The molecule has 0 saturated heterocycles. The summed E-state index contributed by atoms with van der Waals surface area (Å²) >= 11 is 7.21. The van der Waals surface area contributed by atoms with Crippen LogP contribution in [0.25, 0.3) is 0 Å². The van der Waals surface area contributed by atoms with Gasteiger partial charge in [-0.05, 0) is 47.8 Å². The van der Waals surface area contributed by atoms with Gasteiger partial charge >= 0.3 is 0 Å². The Bertz CT molecular complexity index is 988. The van der Waals surface area contributed by atoms with Crippen molar-refractivity contribution in [2.75, 3.05) is 17.2 Å². The van der Waals surface area contributed by atoms with Crippen molar-refractivity contribution in [2.24, 2.45) is 0 Å². The average Bonchev–Trinajstić information content (AvgIpc) is 3.23. The van der Waals surface area contributed by atoms with Crippen LogP contribution in [0.3, 0.4) is 0 Å². The van der Waals surface area contributed by atoms with E-state index in [1.165, 1.54) is 11.3 Å². The molecule has 8 heteroatoms. The summed E-state index contributed by atoms with van der Waals surface area (Å²) < 4.78 is 0. The van der Waals surface area contributed by atoms with Gasteiger partial charge in [0.25, 0.3) is 11.8 Å². The lowest BCUT2D eigenvalue weighted by Crippen LogP contribution is -2.33. The van der Waals surface area contributed by atoms with Gasteiger partial charge in [-0.1, -0.05) is 23.7 Å². The topological polar surface area (TPSA) is 87.3 Å². The van der Waals surface area contributed by atoms with Crippen LogP contribution in [0.1, 0.15) is 20.7 Å². The number of anilines is 2. The molecule has 0 aliphatic carbocycles. The highest BCUT2D eigenvalue weighted by Gasteiger charge is 2.15. The van der Waals surface area contributed by atoms with E-state index < -0.39 is 5.91 Å². The van der Waals surface area contributed by atoms with Crippen molar-refractivity contribution in [3.63, 3.8) is 0 Å². The van der Waals surface area contributed by atoms with Gasteiger partial charge in [0.2, 0.25) is 5.91 Å². The zero-order valence-corrected chi connectivity index (χ0v) is 16.1. The Labute approximate surface area is 170 Å². The number of para-hydroxylation sites is 1. The fourth-order valence-electron chi connectivity index (χ4n) is 2.37. The molecule has 1 aromatic heterocycles. The first-order valence-corrected chi connectivity index (χ1v) is 9.61. The van der Waals surface area contributed by atoms with Gasteiger partial charge in [-0.3, -0.25) is 14.4 Å². The smallest absolute Gasteiger partial charge is 0.256 e. The third-order valence-corrected chi connectivity index (χ3v) is 4.68. The van der Waals surface area contributed by atoms with Gasteiger partial charge in [-0.15, -0.1) is 0 Å². The molecule has 3 amide bonds. The van der Waals surface area contributed by atoms with Gasteiger partial charge in [0.1, 0.15) is 0 Å². The van der Waals surface area contributed by atoms with Crippen molar-refractivity contribution >= 4 is 52.0 Å². The Morgan fingerprint density at radius 3 is 2.36 bits per heavy atom. The van der Waals surface area contributed by atoms with E-state index in [1.54, 1.807) is 65.4 Å². The quantitative estimate of drug-likeness (QED) is 0.570. The first kappa shape index (κ1) is 19.6. The minimum Gasteiger partial charge on any atom is -0.343 e. The van der Waals surface area contributed by atoms with Crippen molar-refractivity contribution in [3.8, 4) is 0 Å². The van der Waals surface area contributed by atoms with Gasteiger partial charge in [-0.25, -0.2) is 0 Å². The monoisotopic (exact) mass is 413 g/mol. The minimum absolute atomic E-state index is 0.214. The van der Waals surface area contributed by atoms with E-state index >= 15 is 0 Å². The molecule has 0 saturated carbocycles. The molecule has 0 fully saturated rings. The molecule has 6 nitrogen and oxygen atoms in total. The highest BCUT2D eigenvalue weighted by atomic mass is 35.5. The maximum Gasteiger partial charge on any atom is 0.256 e. The molecule has 0 bridgehead atoms. The number of benzene rings is 2. The van der Waals surface area contributed by atoms with Crippen molar-refractivity contribution in [1.82, 2.24) is 5.32 Å². The molecular formula is C20H16ClN3O3S. The molecule has 142 valence electrons. The average molecular weight is 414 g/mol. The second-order valence-corrected chi connectivity index (χ2v) is 6.97. The molecule has 0 spiro atoms. The fourth-order valence-corrected chi connectivity index (χ4v) is 3.13. The van der Waals surface area contributed by atoms with E-state index in [2.05, 4.69) is 16.0 Å². The zero-order chi connectivity index (χ0) is 19.9. The van der Waals surface area contributed by atoms with Gasteiger partial charge in [0.15, 0.2) is 0 Å². The molecule has 0 radical (unpaired) electrons. The minimum atomic E-state index is -0.465. The van der Waals surface area contributed by atoms with Gasteiger partial charge in [0, 0.05) is 16.1 Å². The predicted molar refractivity (Wildman–Crippen MR) is 111 cm³/mol. The zero-order valence-electron chi connectivity index (χ0n) is 14.6. The molecule has 0 aliphatic rings. The summed E-state index contributed by atoms with van der Waals surface area (Å²) in [6, 6.07) is 14.9. The Morgan fingerprint density at radius 2 is 1.64 bits per heavy atom. The summed E-state index contributed by atoms with van der Waals surface area (Å²) in [6.45, 7) is -0.214. The number of thiophene rings is 1. The van der Waals surface area contributed by atoms with Crippen LogP contribution in [0, 0.1) is 0 Å². The molecule has 0 unspecified atom stereocenters. The number of rotatable bonds is 6. The maximum absolute atomic E-state index is 12.5. The number of hydrogen-bond donors (Lipinski definition) is 3. The maximum atomic E-state index is 12.5. The van der Waals surface area contributed by atoms with E-state index in [0.29, 0.717) is 22.0 Å². The summed E-state index contributed by atoms with van der Waals surface area (Å²) in [5, 5.41) is 12.0. The fraction of sp³-hybridized carbons (Fsp3) is 0.0500. The lowest BCUT2D eigenvalue weighted by atomic mass is 10.1. The molecule has 0 aliphatic heterocycles. The number of carbonyl (C=O) groups excluding carboxylic acids is 3. The SMILES string of the molecule is O=C(CNC(=O)c1ccccc1NC(=O)c1ccsc1)Nc1ccc(Cl)cc1. The molecule has 3 aromatic rings. The van der Waals surface area contributed by atoms with Crippen LogP contribution >= 0.6 is 22.9 Å². The van der Waals surface area contributed by atoms with E-state index in [0.717, 1.165) is 0 Å². The molecule has 1 heterocycles. The summed E-state index contributed by atoms with van der Waals surface area (Å²) in [6.07, 6.45) is 0. The number of halogens is 1. The molecule has 28 heavy (non-hydrogen) atoms. The van der Waals surface area contributed by atoms with Crippen molar-refractivity contribution in [3.05, 3.63) is 81.5 Å². The Hall–Kier alpha value is -3.16. The predicted octanol–water partition coefficient (Wildman–Crippen LogP) is 4.02. The van der Waals surface area contributed by atoms with Crippen molar-refractivity contribution < 1.29 is 14.4 Å². The summed E-state index contributed by atoms with van der Waals surface area (Å²) in [5.74, 6) is -1.15. The number of nitrogens with one attached hydrogen (secondary N) is 3. The van der Waals surface area contributed by atoms with Crippen LogP contribution in [-0.4, -0.2) is 24.3 Å². The van der Waals surface area contributed by atoms with Gasteiger partial charge < -0.3 is 16.0 Å². The Balaban J connectivity index is 1.60. The third-order valence-electron chi connectivity index (χ3n) is 3.74. The lowest BCUT2D eigenvalue weighted by Gasteiger charge is -2.11. The van der Waals surface area contributed by atoms with Crippen molar-refractivity contribution in [2.45, 2.75) is 0 Å². The number of carbonyl (C=O) groups is 3. The normalized spacial score (nSPS) is 10.2. The Morgan fingerprint density at radius 1 is 0.893 bits per heavy atom. The van der Waals surface area contributed by atoms with E-state index in [9.17, 15) is 14.4 Å². The summed E-state index contributed by atoms with van der Waals surface area (Å²) in [7, 11) is 0. The molecule has 3 rings (SSSR count). The third kappa shape index (κ3) is 5.18. The second-order valence-electron chi connectivity index (χ2n) is 5.75. The molecular weight excluding hydrogens is 398 g/mol. The van der Waals surface area contributed by atoms with E-state index in [4.69, 9.17) is 11.6 Å². The summed E-state index contributed by atoms with van der Waals surface area (Å²) in [5.41, 5.74) is 1.73. The molecule has 2 aromatic carbocycles. The highest BCUT2D eigenvalue weighted by molar-refractivity contribution is 7.08. The Kier molecular flexibility index (Phi) is 6.41. The van der Waals surface area contributed by atoms with Gasteiger partial charge in [-0.2, -0.15) is 11.3 Å². The number of amides is 3. The first-order chi connectivity index (χ1) is 13.5. The van der Waals surface area contributed by atoms with Crippen molar-refractivity contribution in [1.29, 1.82) is 0 Å². The van der Waals surface area contributed by atoms with Crippen LogP contribution in [0.5, 0.6) is 0 Å². The number of hydrogen-bond acceptors (Lipinski definition) is 4. The van der Waals surface area contributed by atoms with E-state index in [1.807, 2.05) is 0 Å². The molecule has 0 atom stereocenters.